The van der Waals surface area contributed by atoms with Gasteiger partial charge < -0.3 is 5.73 Å². The van der Waals surface area contributed by atoms with Crippen molar-refractivity contribution in [1.29, 1.82) is 0 Å². The minimum absolute atomic E-state index is 0.122. The predicted octanol–water partition coefficient (Wildman–Crippen LogP) is -0.0232. The van der Waals surface area contributed by atoms with E-state index in [4.69, 9.17) is 5.73 Å². The minimum Gasteiger partial charge on any atom is -0.328 e. The van der Waals surface area contributed by atoms with Crippen LogP contribution in [0.5, 0.6) is 0 Å². The quantitative estimate of drug-likeness (QED) is 0.821. The summed E-state index contributed by atoms with van der Waals surface area (Å²) in [5, 5.41) is 2.74. The van der Waals surface area contributed by atoms with Crippen molar-refractivity contribution < 1.29 is 0 Å². The molecule has 2 aromatic heterocycles. The van der Waals surface area contributed by atoms with Crippen molar-refractivity contribution in [3.05, 3.63) is 28.4 Å². The Kier molecular flexibility index (Phi) is 3.54. The molecule has 108 valence electrons. The molecule has 1 aliphatic rings. The Morgan fingerprint density at radius 2 is 2.45 bits per heavy atom. The highest BCUT2D eigenvalue weighted by atomic mass is 16.1. The Hall–Kier alpha value is -1.73. The van der Waals surface area contributed by atoms with Gasteiger partial charge in [0.05, 0.1) is 5.69 Å². The summed E-state index contributed by atoms with van der Waals surface area (Å²) in [6, 6.07) is 1.78. The summed E-state index contributed by atoms with van der Waals surface area (Å²) >= 11 is 0. The summed E-state index contributed by atoms with van der Waals surface area (Å²) in [7, 11) is 0. The third-order valence-electron chi connectivity index (χ3n) is 3.99. The number of fused-ring (bicyclic) bond motifs is 1. The van der Waals surface area contributed by atoms with Gasteiger partial charge in [-0.1, -0.05) is 0 Å². The Labute approximate surface area is 116 Å². The minimum atomic E-state index is -0.122. The van der Waals surface area contributed by atoms with E-state index in [1.165, 1.54) is 17.3 Å². The van der Waals surface area contributed by atoms with Crippen LogP contribution in [0.15, 0.2) is 17.2 Å². The van der Waals surface area contributed by atoms with Gasteiger partial charge in [-0.3, -0.25) is 14.8 Å². The Morgan fingerprint density at radius 1 is 1.60 bits per heavy atom. The molecule has 0 aromatic carbocycles. The van der Waals surface area contributed by atoms with E-state index in [9.17, 15) is 4.79 Å². The van der Waals surface area contributed by atoms with Gasteiger partial charge in [0.15, 0.2) is 0 Å². The van der Waals surface area contributed by atoms with Crippen LogP contribution in [-0.4, -0.2) is 43.6 Å². The van der Waals surface area contributed by atoms with Crippen LogP contribution in [0, 0.1) is 5.92 Å². The molecule has 2 atom stereocenters. The van der Waals surface area contributed by atoms with Gasteiger partial charge in [0.2, 0.25) is 0 Å². The van der Waals surface area contributed by atoms with E-state index in [1.54, 1.807) is 6.07 Å². The number of nitrogens with two attached hydrogens (primary N) is 1. The number of nitrogens with zero attached hydrogens (tertiary/aromatic N) is 4. The molecular weight excluding hydrogens is 256 g/mol. The van der Waals surface area contributed by atoms with E-state index in [0.29, 0.717) is 18.2 Å². The summed E-state index contributed by atoms with van der Waals surface area (Å²) in [5.74, 6) is 0.951. The van der Waals surface area contributed by atoms with Crippen molar-refractivity contribution in [3.63, 3.8) is 0 Å². The molecule has 0 saturated carbocycles. The highest BCUT2D eigenvalue weighted by molar-refractivity contribution is 5.25. The van der Waals surface area contributed by atoms with Crippen LogP contribution in [0.1, 0.15) is 25.5 Å². The lowest BCUT2D eigenvalue weighted by molar-refractivity contribution is 0.153. The second-order valence-corrected chi connectivity index (χ2v) is 5.60. The molecule has 7 heteroatoms. The van der Waals surface area contributed by atoms with Crippen molar-refractivity contribution in [2.45, 2.75) is 32.4 Å². The number of piperidine rings is 1. The molecular formula is C13H20N6O. The molecule has 0 spiro atoms. The number of aromatic nitrogens is 4. The third-order valence-corrected chi connectivity index (χ3v) is 3.99. The lowest BCUT2D eigenvalue weighted by atomic mass is 9.92. The lowest BCUT2D eigenvalue weighted by Gasteiger charge is -2.34. The summed E-state index contributed by atoms with van der Waals surface area (Å²) in [5.41, 5.74) is 6.65. The SMILES string of the molecule is CC(N)C1CCCN(Cc2cc(=O)n3[nH]cnc3n2)C1. The maximum absolute atomic E-state index is 11.9. The smallest absolute Gasteiger partial charge is 0.274 e. The number of hydrogen-bond donors (Lipinski definition) is 2. The van der Waals surface area contributed by atoms with Crippen LogP contribution in [0.3, 0.4) is 0 Å². The topological polar surface area (TPSA) is 92.3 Å². The van der Waals surface area contributed by atoms with E-state index in [1.807, 2.05) is 0 Å². The van der Waals surface area contributed by atoms with Crippen LogP contribution in [0.4, 0.5) is 0 Å². The van der Waals surface area contributed by atoms with Crippen LogP contribution in [0.25, 0.3) is 5.78 Å². The first-order valence-corrected chi connectivity index (χ1v) is 7.03. The van der Waals surface area contributed by atoms with Crippen LogP contribution >= 0.6 is 0 Å². The van der Waals surface area contributed by atoms with Crippen molar-refractivity contribution in [2.75, 3.05) is 13.1 Å². The molecule has 0 radical (unpaired) electrons. The molecule has 3 rings (SSSR count). The molecule has 0 bridgehead atoms. The fourth-order valence-electron chi connectivity index (χ4n) is 2.84. The number of hydrogen-bond acceptors (Lipinski definition) is 5. The first kappa shape index (κ1) is 13.3. The van der Waals surface area contributed by atoms with Gasteiger partial charge in [0.25, 0.3) is 11.3 Å². The molecule has 7 nitrogen and oxygen atoms in total. The number of nitrogens with one attached hydrogen (secondary N) is 1. The standard InChI is InChI=1S/C13H20N6O/c1-9(14)10-3-2-4-18(6-10)7-11-5-12(20)19-13(17-11)15-8-16-19/h5,8-10H,2-4,6-7,14H2,1H3,(H,15,16,17). The van der Waals surface area contributed by atoms with Gasteiger partial charge in [-0.05, 0) is 32.2 Å². The number of likely N-dealkylation sites (tertiary alicyclic amines) is 1. The summed E-state index contributed by atoms with van der Waals surface area (Å²) in [6.07, 6.45) is 3.80. The lowest BCUT2D eigenvalue weighted by Crippen LogP contribution is -2.42. The highest BCUT2D eigenvalue weighted by Crippen LogP contribution is 2.19. The van der Waals surface area contributed by atoms with Crippen LogP contribution < -0.4 is 11.3 Å². The Bertz CT molecular complexity index is 646. The summed E-state index contributed by atoms with van der Waals surface area (Å²) in [6.45, 7) is 4.75. The Balaban J connectivity index is 1.77. The second-order valence-electron chi connectivity index (χ2n) is 5.60. The molecule has 0 aliphatic carbocycles. The van der Waals surface area contributed by atoms with Crippen LogP contribution in [-0.2, 0) is 6.54 Å². The van der Waals surface area contributed by atoms with Gasteiger partial charge in [-0.25, -0.2) is 9.97 Å². The first-order valence-electron chi connectivity index (χ1n) is 7.03. The molecule has 0 amide bonds. The molecule has 1 saturated heterocycles. The van der Waals surface area contributed by atoms with Gasteiger partial charge in [-0.15, -0.1) is 0 Å². The summed E-state index contributed by atoms with van der Waals surface area (Å²) < 4.78 is 1.34. The zero-order valence-corrected chi connectivity index (χ0v) is 11.6. The fraction of sp³-hybridized carbons (Fsp3) is 0.615. The van der Waals surface area contributed by atoms with Gasteiger partial charge in [0, 0.05) is 25.2 Å². The molecule has 1 fully saturated rings. The van der Waals surface area contributed by atoms with E-state index < -0.39 is 0 Å². The van der Waals surface area contributed by atoms with E-state index in [2.05, 4.69) is 26.9 Å². The Morgan fingerprint density at radius 3 is 3.25 bits per heavy atom. The summed E-state index contributed by atoms with van der Waals surface area (Å²) in [4.78, 5) is 22.7. The first-order chi connectivity index (χ1) is 9.63. The number of aromatic amines is 1. The van der Waals surface area contributed by atoms with Gasteiger partial charge >= 0.3 is 0 Å². The van der Waals surface area contributed by atoms with Crippen molar-refractivity contribution in [3.8, 4) is 0 Å². The van der Waals surface area contributed by atoms with E-state index in [0.717, 1.165) is 25.2 Å². The predicted molar refractivity (Wildman–Crippen MR) is 75.3 cm³/mol. The molecule has 1 aliphatic heterocycles. The van der Waals surface area contributed by atoms with Crippen LogP contribution in [0.2, 0.25) is 0 Å². The van der Waals surface area contributed by atoms with Gasteiger partial charge in [-0.2, -0.15) is 4.52 Å². The van der Waals surface area contributed by atoms with Crippen molar-refractivity contribution >= 4 is 5.78 Å². The van der Waals surface area contributed by atoms with Crippen molar-refractivity contribution in [1.82, 2.24) is 24.5 Å². The van der Waals surface area contributed by atoms with Gasteiger partial charge in [0.1, 0.15) is 6.33 Å². The molecule has 2 unspecified atom stereocenters. The number of H-pyrrole nitrogens is 1. The third kappa shape index (κ3) is 2.59. The largest absolute Gasteiger partial charge is 0.328 e. The molecule has 20 heavy (non-hydrogen) atoms. The second kappa shape index (κ2) is 5.34. The monoisotopic (exact) mass is 276 g/mol. The fourth-order valence-corrected chi connectivity index (χ4v) is 2.84. The van der Waals surface area contributed by atoms with E-state index >= 15 is 0 Å². The molecule has 3 heterocycles. The average Bonchev–Trinajstić information content (AvgIpc) is 2.88. The molecule has 2 aromatic rings. The number of rotatable bonds is 3. The maximum Gasteiger partial charge on any atom is 0.274 e. The normalized spacial score (nSPS) is 22.2. The maximum atomic E-state index is 11.9. The van der Waals surface area contributed by atoms with Crippen molar-refractivity contribution in [2.24, 2.45) is 11.7 Å². The average molecular weight is 276 g/mol. The zero-order valence-electron chi connectivity index (χ0n) is 11.6. The highest BCUT2D eigenvalue weighted by Gasteiger charge is 2.23. The molecule has 3 N–H and O–H groups in total. The van der Waals surface area contributed by atoms with E-state index in [-0.39, 0.29) is 11.6 Å². The zero-order chi connectivity index (χ0) is 14.1.